The highest BCUT2D eigenvalue weighted by molar-refractivity contribution is 7.88. The molecule has 112 valence electrons. The van der Waals surface area contributed by atoms with E-state index in [0.29, 0.717) is 11.3 Å². The van der Waals surface area contributed by atoms with E-state index in [-0.39, 0.29) is 11.3 Å². The summed E-state index contributed by atoms with van der Waals surface area (Å²) in [5.41, 5.74) is 0.468. The van der Waals surface area contributed by atoms with E-state index in [1.807, 2.05) is 0 Å². The Morgan fingerprint density at radius 1 is 1.33 bits per heavy atom. The van der Waals surface area contributed by atoms with E-state index >= 15 is 0 Å². The van der Waals surface area contributed by atoms with Gasteiger partial charge in [0.05, 0.1) is 23.6 Å². The molecule has 2 N–H and O–H groups in total. The van der Waals surface area contributed by atoms with Crippen LogP contribution in [0, 0.1) is 0 Å². The number of aromatic carboxylic acids is 1. The predicted molar refractivity (Wildman–Crippen MR) is 76.3 cm³/mol. The van der Waals surface area contributed by atoms with Crippen molar-refractivity contribution in [3.63, 3.8) is 0 Å². The minimum absolute atomic E-state index is 0.0572. The fourth-order valence-corrected chi connectivity index (χ4v) is 3.28. The second-order valence-corrected chi connectivity index (χ2v) is 6.37. The summed E-state index contributed by atoms with van der Waals surface area (Å²) in [7, 11) is -3.61. The highest BCUT2D eigenvalue weighted by Gasteiger charge is 2.18. The average Bonchev–Trinajstić information content (AvgIpc) is 2.91. The largest absolute Gasteiger partial charge is 0.478 e. The molecule has 0 saturated carbocycles. The molecule has 2 rings (SSSR count). The molecule has 0 bridgehead atoms. The van der Waals surface area contributed by atoms with Gasteiger partial charge in [-0.25, -0.2) is 17.9 Å². The quantitative estimate of drug-likeness (QED) is 0.852. The van der Waals surface area contributed by atoms with Crippen LogP contribution in [-0.2, 0) is 15.8 Å². The van der Waals surface area contributed by atoms with Gasteiger partial charge >= 0.3 is 5.97 Å². The molecule has 21 heavy (non-hydrogen) atoms. The fraction of sp³-hybridized carbons (Fsp3) is 0.214. The molecular weight excluding hydrogens is 294 g/mol. The summed E-state index contributed by atoms with van der Waals surface area (Å²) in [5.74, 6) is -0.872. The van der Waals surface area contributed by atoms with Crippen molar-refractivity contribution in [1.29, 1.82) is 0 Å². The van der Waals surface area contributed by atoms with Crippen molar-refractivity contribution in [2.24, 2.45) is 0 Å². The van der Waals surface area contributed by atoms with Crippen molar-refractivity contribution < 1.29 is 22.7 Å². The zero-order chi connectivity index (χ0) is 15.5. The number of hydrogen-bond acceptors (Lipinski definition) is 4. The fourth-order valence-electron chi connectivity index (χ4n) is 1.92. The number of carboxylic acids is 1. The Morgan fingerprint density at radius 2 is 2.10 bits per heavy atom. The molecule has 0 fully saturated rings. The maximum atomic E-state index is 12.1. The lowest BCUT2D eigenvalue weighted by atomic mass is 10.1. The van der Waals surface area contributed by atoms with E-state index in [9.17, 15) is 13.2 Å². The second kappa shape index (κ2) is 6.11. The van der Waals surface area contributed by atoms with E-state index in [1.54, 1.807) is 25.1 Å². The van der Waals surface area contributed by atoms with E-state index in [0.717, 1.165) is 0 Å². The van der Waals surface area contributed by atoms with E-state index in [4.69, 9.17) is 9.52 Å². The molecular formula is C14H15NO5S. The first-order valence-electron chi connectivity index (χ1n) is 6.23. The van der Waals surface area contributed by atoms with E-state index in [1.165, 1.54) is 24.5 Å². The first kappa shape index (κ1) is 15.3. The van der Waals surface area contributed by atoms with Crippen LogP contribution >= 0.6 is 0 Å². The molecule has 0 radical (unpaired) electrons. The molecule has 7 heteroatoms. The van der Waals surface area contributed by atoms with Gasteiger partial charge in [-0.05, 0) is 36.8 Å². The molecule has 0 spiro atoms. The summed E-state index contributed by atoms with van der Waals surface area (Å²) in [5, 5.41) is 8.90. The third-order valence-electron chi connectivity index (χ3n) is 2.86. The van der Waals surface area contributed by atoms with Crippen molar-refractivity contribution >= 4 is 16.0 Å². The van der Waals surface area contributed by atoms with Crippen molar-refractivity contribution in [3.05, 3.63) is 59.5 Å². The summed E-state index contributed by atoms with van der Waals surface area (Å²) >= 11 is 0. The summed E-state index contributed by atoms with van der Waals surface area (Å²) in [6, 6.07) is 8.71. The number of hydrogen-bond donors (Lipinski definition) is 2. The Hall–Kier alpha value is -2.12. The second-order valence-electron chi connectivity index (χ2n) is 4.62. The zero-order valence-electron chi connectivity index (χ0n) is 11.3. The Kier molecular flexibility index (Phi) is 4.44. The zero-order valence-corrected chi connectivity index (χ0v) is 12.1. The van der Waals surface area contributed by atoms with E-state index < -0.39 is 22.0 Å². The Labute approximate surface area is 122 Å². The van der Waals surface area contributed by atoms with E-state index in [2.05, 4.69) is 4.72 Å². The van der Waals surface area contributed by atoms with Crippen molar-refractivity contribution in [3.8, 4) is 0 Å². The normalized spacial score (nSPS) is 13.0. The number of benzene rings is 1. The molecule has 0 aliphatic heterocycles. The van der Waals surface area contributed by atoms with Crippen molar-refractivity contribution in [2.75, 3.05) is 0 Å². The van der Waals surface area contributed by atoms with Crippen LogP contribution in [0.1, 0.15) is 34.6 Å². The first-order chi connectivity index (χ1) is 9.87. The Balaban J connectivity index is 2.10. The number of furan rings is 1. The molecule has 0 amide bonds. The number of rotatable bonds is 6. The summed E-state index contributed by atoms with van der Waals surface area (Å²) in [6.45, 7) is 1.67. The Bertz CT molecular complexity index is 722. The van der Waals surface area contributed by atoms with Crippen LogP contribution in [-0.4, -0.2) is 19.5 Å². The molecule has 6 nitrogen and oxygen atoms in total. The van der Waals surface area contributed by atoms with Crippen molar-refractivity contribution in [2.45, 2.75) is 18.7 Å². The smallest absolute Gasteiger partial charge is 0.335 e. The van der Waals surface area contributed by atoms with Crippen LogP contribution in [0.25, 0.3) is 0 Å². The number of carboxylic acid groups (broad SMARTS) is 1. The van der Waals surface area contributed by atoms with Gasteiger partial charge in [0.2, 0.25) is 10.0 Å². The molecule has 1 aromatic carbocycles. The van der Waals surface area contributed by atoms with Crippen LogP contribution < -0.4 is 4.72 Å². The maximum Gasteiger partial charge on any atom is 0.335 e. The monoisotopic (exact) mass is 309 g/mol. The molecule has 0 aliphatic rings. The highest BCUT2D eigenvalue weighted by Crippen LogP contribution is 2.15. The third kappa shape index (κ3) is 4.17. The number of nitrogens with one attached hydrogen (secondary N) is 1. The number of sulfonamides is 1. The highest BCUT2D eigenvalue weighted by atomic mass is 32.2. The minimum atomic E-state index is -3.61. The molecule has 0 aliphatic carbocycles. The summed E-state index contributed by atoms with van der Waals surface area (Å²) in [4.78, 5) is 10.9. The molecule has 0 saturated heterocycles. The van der Waals surface area contributed by atoms with Gasteiger partial charge in [0.15, 0.2) is 0 Å². The minimum Gasteiger partial charge on any atom is -0.478 e. The van der Waals surface area contributed by atoms with Crippen LogP contribution in [0.4, 0.5) is 0 Å². The topological polar surface area (TPSA) is 96.6 Å². The maximum absolute atomic E-state index is 12.1. The molecule has 1 aromatic heterocycles. The predicted octanol–water partition coefficient (Wildman–Crippen LogP) is 2.16. The first-order valence-corrected chi connectivity index (χ1v) is 7.88. The van der Waals surface area contributed by atoms with Gasteiger partial charge in [0.25, 0.3) is 0 Å². The lowest BCUT2D eigenvalue weighted by Gasteiger charge is -2.12. The van der Waals surface area contributed by atoms with Crippen LogP contribution in [0.3, 0.4) is 0 Å². The molecule has 1 atom stereocenters. The standard InChI is InChI=1S/C14H15NO5S/c1-10(13-6-3-7-20-13)15-21(18,19)9-11-4-2-5-12(8-11)14(16)17/h2-8,10,15H,9H2,1H3,(H,16,17). The van der Waals surface area contributed by atoms with Gasteiger partial charge in [0, 0.05) is 0 Å². The van der Waals surface area contributed by atoms with Gasteiger partial charge in [-0.1, -0.05) is 12.1 Å². The van der Waals surface area contributed by atoms with Gasteiger partial charge in [-0.2, -0.15) is 0 Å². The van der Waals surface area contributed by atoms with Crippen LogP contribution in [0.5, 0.6) is 0 Å². The van der Waals surface area contributed by atoms with Crippen LogP contribution in [0.2, 0.25) is 0 Å². The van der Waals surface area contributed by atoms with Crippen molar-refractivity contribution in [1.82, 2.24) is 4.72 Å². The molecule has 1 unspecified atom stereocenters. The Morgan fingerprint density at radius 3 is 2.71 bits per heavy atom. The van der Waals surface area contributed by atoms with Gasteiger partial charge < -0.3 is 9.52 Å². The molecule has 2 aromatic rings. The molecule has 1 heterocycles. The number of carbonyl (C=O) groups is 1. The summed E-state index contributed by atoms with van der Waals surface area (Å²) in [6.07, 6.45) is 1.47. The third-order valence-corrected chi connectivity index (χ3v) is 4.28. The van der Waals surface area contributed by atoms with Gasteiger partial charge in [0.1, 0.15) is 5.76 Å². The van der Waals surface area contributed by atoms with Gasteiger partial charge in [-0.15, -0.1) is 0 Å². The van der Waals surface area contributed by atoms with Crippen LogP contribution in [0.15, 0.2) is 47.1 Å². The lowest BCUT2D eigenvalue weighted by molar-refractivity contribution is 0.0696. The SMILES string of the molecule is CC(NS(=O)(=O)Cc1cccc(C(=O)O)c1)c1ccco1. The summed E-state index contributed by atoms with van der Waals surface area (Å²) < 4.78 is 31.8. The van der Waals surface area contributed by atoms with Gasteiger partial charge in [-0.3, -0.25) is 0 Å². The average molecular weight is 309 g/mol. The lowest BCUT2D eigenvalue weighted by Crippen LogP contribution is -2.27.